The third kappa shape index (κ3) is 2.63. The van der Waals surface area contributed by atoms with E-state index in [4.69, 9.17) is 15.7 Å². The number of nitrogens with one attached hydrogen (secondary N) is 1. The summed E-state index contributed by atoms with van der Waals surface area (Å²) in [4.78, 5) is 18.0. The fourth-order valence-corrected chi connectivity index (χ4v) is 3.07. The lowest BCUT2D eigenvalue weighted by Gasteiger charge is -2.08. The van der Waals surface area contributed by atoms with Gasteiger partial charge in [0, 0.05) is 23.5 Å². The predicted molar refractivity (Wildman–Crippen MR) is 101 cm³/mol. The molecule has 4 aromatic rings. The van der Waals surface area contributed by atoms with Gasteiger partial charge < -0.3 is 15.6 Å². The summed E-state index contributed by atoms with van der Waals surface area (Å²) in [6.45, 7) is 0. The van der Waals surface area contributed by atoms with E-state index in [0.717, 1.165) is 41.1 Å². The highest BCUT2D eigenvalue weighted by Crippen LogP contribution is 2.41. The van der Waals surface area contributed by atoms with Crippen molar-refractivity contribution in [2.75, 3.05) is 11.1 Å². The van der Waals surface area contributed by atoms with Crippen molar-refractivity contribution in [2.45, 2.75) is 18.9 Å². The number of para-hydroxylation sites is 1. The molecule has 1 aromatic carbocycles. The minimum absolute atomic E-state index is 0.420. The second-order valence-electron chi connectivity index (χ2n) is 6.40. The van der Waals surface area contributed by atoms with E-state index >= 15 is 0 Å². The summed E-state index contributed by atoms with van der Waals surface area (Å²) >= 11 is 0. The van der Waals surface area contributed by atoms with Gasteiger partial charge in [-0.2, -0.15) is 4.98 Å². The Kier molecular flexibility index (Phi) is 3.31. The fraction of sp³-hybridized carbons (Fsp3) is 0.158. The number of nitrogen functional groups attached to an aromatic ring is 1. The Labute approximate surface area is 150 Å². The van der Waals surface area contributed by atoms with E-state index in [1.165, 1.54) is 0 Å². The number of anilines is 3. The van der Waals surface area contributed by atoms with Crippen LogP contribution in [0.4, 0.5) is 17.5 Å². The Hall–Kier alpha value is -3.48. The largest absolute Gasteiger partial charge is 0.384 e. The van der Waals surface area contributed by atoms with Crippen LogP contribution < -0.4 is 11.1 Å². The number of hydrogen-bond acceptors (Lipinski definition) is 6. The van der Waals surface area contributed by atoms with Gasteiger partial charge in [-0.25, -0.2) is 15.0 Å². The van der Waals surface area contributed by atoms with Gasteiger partial charge in [-0.15, -0.1) is 0 Å². The number of hydrogen-bond donors (Lipinski definition) is 2. The normalized spacial score (nSPS) is 13.8. The smallest absolute Gasteiger partial charge is 0.229 e. The van der Waals surface area contributed by atoms with Crippen LogP contribution in [-0.4, -0.2) is 24.5 Å². The Morgan fingerprint density at radius 1 is 1.04 bits per heavy atom. The van der Waals surface area contributed by atoms with E-state index in [0.29, 0.717) is 17.8 Å². The van der Waals surface area contributed by atoms with Gasteiger partial charge in [0.25, 0.3) is 0 Å². The van der Waals surface area contributed by atoms with Crippen molar-refractivity contribution in [3.8, 4) is 11.4 Å². The van der Waals surface area contributed by atoms with Crippen LogP contribution in [0, 0.1) is 0 Å². The Morgan fingerprint density at radius 3 is 2.65 bits per heavy atom. The van der Waals surface area contributed by atoms with Crippen LogP contribution in [0.1, 0.15) is 18.9 Å². The first-order valence-corrected chi connectivity index (χ1v) is 8.57. The highest BCUT2D eigenvalue weighted by Gasteiger charge is 2.29. The maximum absolute atomic E-state index is 5.86. The molecule has 26 heavy (non-hydrogen) atoms. The molecule has 0 bridgehead atoms. The SMILES string of the molecule is Nc1cc(-c2nc3cnc(Nc4ccccc4)nc3n2C2CC2)ccn1. The Bertz CT molecular complexity index is 1080. The van der Waals surface area contributed by atoms with Gasteiger partial charge in [-0.05, 0) is 37.1 Å². The van der Waals surface area contributed by atoms with Crippen LogP contribution in [-0.2, 0) is 0 Å². The summed E-state index contributed by atoms with van der Waals surface area (Å²) in [5, 5.41) is 3.25. The number of aromatic nitrogens is 5. The van der Waals surface area contributed by atoms with E-state index in [2.05, 4.69) is 19.9 Å². The third-order valence-corrected chi connectivity index (χ3v) is 4.41. The minimum atomic E-state index is 0.420. The van der Waals surface area contributed by atoms with E-state index in [9.17, 15) is 0 Å². The third-order valence-electron chi connectivity index (χ3n) is 4.41. The maximum Gasteiger partial charge on any atom is 0.229 e. The van der Waals surface area contributed by atoms with Crippen molar-refractivity contribution in [3.63, 3.8) is 0 Å². The summed E-state index contributed by atoms with van der Waals surface area (Å²) in [7, 11) is 0. The number of rotatable bonds is 4. The van der Waals surface area contributed by atoms with Crippen molar-refractivity contribution in [1.82, 2.24) is 24.5 Å². The lowest BCUT2D eigenvalue weighted by Crippen LogP contribution is -2.02. The van der Waals surface area contributed by atoms with Crippen molar-refractivity contribution in [2.24, 2.45) is 0 Å². The van der Waals surface area contributed by atoms with Crippen molar-refractivity contribution in [1.29, 1.82) is 0 Å². The minimum Gasteiger partial charge on any atom is -0.384 e. The molecule has 1 aliphatic rings. The highest BCUT2D eigenvalue weighted by molar-refractivity contribution is 5.78. The Morgan fingerprint density at radius 2 is 1.88 bits per heavy atom. The topological polar surface area (TPSA) is 94.5 Å². The molecule has 5 rings (SSSR count). The number of nitrogens with two attached hydrogens (primary N) is 1. The van der Waals surface area contributed by atoms with Crippen molar-refractivity contribution in [3.05, 3.63) is 54.9 Å². The average molecular weight is 343 g/mol. The van der Waals surface area contributed by atoms with Gasteiger partial charge in [0.1, 0.15) is 17.2 Å². The zero-order chi connectivity index (χ0) is 17.5. The molecule has 0 aliphatic heterocycles. The molecule has 7 heteroatoms. The summed E-state index contributed by atoms with van der Waals surface area (Å²) in [5.41, 5.74) is 9.37. The zero-order valence-corrected chi connectivity index (χ0v) is 14.0. The molecule has 1 fully saturated rings. The lowest BCUT2D eigenvalue weighted by molar-refractivity contribution is 0.766. The monoisotopic (exact) mass is 343 g/mol. The van der Waals surface area contributed by atoms with Crippen LogP contribution in [0.25, 0.3) is 22.6 Å². The second kappa shape index (κ2) is 5.80. The lowest BCUT2D eigenvalue weighted by atomic mass is 10.2. The molecule has 3 heterocycles. The molecule has 3 N–H and O–H groups in total. The first-order chi connectivity index (χ1) is 12.8. The van der Waals surface area contributed by atoms with Crippen LogP contribution >= 0.6 is 0 Å². The number of nitrogens with zero attached hydrogens (tertiary/aromatic N) is 5. The van der Waals surface area contributed by atoms with Gasteiger partial charge in [-0.1, -0.05) is 18.2 Å². The molecule has 128 valence electrons. The van der Waals surface area contributed by atoms with Crippen LogP contribution in [0.5, 0.6) is 0 Å². The van der Waals surface area contributed by atoms with Gasteiger partial charge in [-0.3, -0.25) is 0 Å². The molecule has 0 unspecified atom stereocenters. The molecule has 0 atom stereocenters. The second-order valence-corrected chi connectivity index (χ2v) is 6.40. The predicted octanol–water partition coefficient (Wildman–Crippen LogP) is 3.55. The summed E-state index contributed by atoms with van der Waals surface area (Å²) in [6, 6.07) is 14.1. The zero-order valence-electron chi connectivity index (χ0n) is 14.0. The number of imidazole rings is 1. The highest BCUT2D eigenvalue weighted by atomic mass is 15.2. The van der Waals surface area contributed by atoms with Gasteiger partial charge in [0.2, 0.25) is 5.95 Å². The number of pyridine rings is 1. The van der Waals surface area contributed by atoms with Gasteiger partial charge in [0.15, 0.2) is 5.65 Å². The van der Waals surface area contributed by atoms with E-state index < -0.39 is 0 Å². The molecule has 3 aromatic heterocycles. The van der Waals surface area contributed by atoms with Gasteiger partial charge >= 0.3 is 0 Å². The van der Waals surface area contributed by atoms with Gasteiger partial charge in [0.05, 0.1) is 6.20 Å². The molecule has 0 spiro atoms. The molecule has 0 amide bonds. The van der Waals surface area contributed by atoms with E-state index in [1.54, 1.807) is 12.4 Å². The van der Waals surface area contributed by atoms with E-state index in [1.807, 2.05) is 42.5 Å². The molecule has 1 aliphatic carbocycles. The Balaban J connectivity index is 1.63. The van der Waals surface area contributed by atoms with Crippen molar-refractivity contribution >= 4 is 28.6 Å². The first-order valence-electron chi connectivity index (χ1n) is 8.57. The summed E-state index contributed by atoms with van der Waals surface area (Å²) in [5.74, 6) is 1.91. The molecule has 1 saturated carbocycles. The van der Waals surface area contributed by atoms with Crippen LogP contribution in [0.3, 0.4) is 0 Å². The molecule has 0 radical (unpaired) electrons. The standard InChI is InChI=1S/C19H17N7/c20-16-10-12(8-9-21-16)17-24-15-11-22-19(23-13-4-2-1-3-5-13)25-18(15)26(17)14-6-7-14/h1-5,8-11,14H,6-7H2,(H2,20,21)(H,22,23,25). The molecular formula is C19H17N7. The molecular weight excluding hydrogens is 326 g/mol. The van der Waals surface area contributed by atoms with Crippen LogP contribution in [0.2, 0.25) is 0 Å². The summed E-state index contributed by atoms with van der Waals surface area (Å²) < 4.78 is 2.20. The number of fused-ring (bicyclic) bond motifs is 1. The first kappa shape index (κ1) is 14.8. The van der Waals surface area contributed by atoms with Crippen LogP contribution in [0.15, 0.2) is 54.9 Å². The quantitative estimate of drug-likeness (QED) is 0.588. The molecule has 7 nitrogen and oxygen atoms in total. The average Bonchev–Trinajstić information content (AvgIpc) is 3.42. The molecule has 0 saturated heterocycles. The summed E-state index contributed by atoms with van der Waals surface area (Å²) in [6.07, 6.45) is 5.73. The van der Waals surface area contributed by atoms with Crippen molar-refractivity contribution < 1.29 is 0 Å². The number of benzene rings is 1. The fourth-order valence-electron chi connectivity index (χ4n) is 3.07. The van der Waals surface area contributed by atoms with E-state index in [-0.39, 0.29) is 0 Å². The maximum atomic E-state index is 5.86.